The molecule has 0 saturated heterocycles. The SMILES string of the molecule is O=C(CCBr)c1ccc(CF)cc1Br. The lowest BCUT2D eigenvalue weighted by atomic mass is 10.1. The van der Waals surface area contributed by atoms with Crippen molar-refractivity contribution in [3.8, 4) is 0 Å². The van der Waals surface area contributed by atoms with Crippen molar-refractivity contribution in [2.45, 2.75) is 13.1 Å². The minimum Gasteiger partial charge on any atom is -0.294 e. The summed E-state index contributed by atoms with van der Waals surface area (Å²) in [4.78, 5) is 11.5. The van der Waals surface area contributed by atoms with Gasteiger partial charge in [0, 0.05) is 21.8 Å². The molecule has 1 aromatic carbocycles. The van der Waals surface area contributed by atoms with E-state index in [4.69, 9.17) is 0 Å². The molecule has 0 N–H and O–H groups in total. The van der Waals surface area contributed by atoms with E-state index in [-0.39, 0.29) is 5.78 Å². The van der Waals surface area contributed by atoms with E-state index in [0.717, 1.165) is 0 Å². The van der Waals surface area contributed by atoms with Gasteiger partial charge >= 0.3 is 0 Å². The zero-order chi connectivity index (χ0) is 10.6. The Balaban J connectivity index is 2.94. The van der Waals surface area contributed by atoms with Gasteiger partial charge in [-0.05, 0) is 17.7 Å². The second kappa shape index (κ2) is 5.61. The van der Waals surface area contributed by atoms with E-state index in [0.29, 0.717) is 27.4 Å². The highest BCUT2D eigenvalue weighted by Crippen LogP contribution is 2.20. The monoisotopic (exact) mass is 322 g/mol. The van der Waals surface area contributed by atoms with Crippen LogP contribution in [0.15, 0.2) is 22.7 Å². The number of hydrogen-bond acceptors (Lipinski definition) is 1. The third-order valence-corrected chi connectivity index (χ3v) is 2.86. The third kappa shape index (κ3) is 2.89. The quantitative estimate of drug-likeness (QED) is 0.607. The summed E-state index contributed by atoms with van der Waals surface area (Å²) in [5.74, 6) is 0.0548. The van der Waals surface area contributed by atoms with Gasteiger partial charge in [0.1, 0.15) is 6.67 Å². The van der Waals surface area contributed by atoms with Gasteiger partial charge in [0.15, 0.2) is 5.78 Å². The standard InChI is InChI=1S/C10H9Br2FO/c11-4-3-10(14)8-2-1-7(6-13)5-9(8)12/h1-2,5H,3-4,6H2. The number of benzene rings is 1. The minimum atomic E-state index is -0.508. The van der Waals surface area contributed by atoms with Crippen LogP contribution >= 0.6 is 31.9 Å². The molecule has 0 fully saturated rings. The lowest BCUT2D eigenvalue weighted by Gasteiger charge is -2.03. The van der Waals surface area contributed by atoms with E-state index < -0.39 is 6.67 Å². The molecule has 0 aromatic heterocycles. The summed E-state index contributed by atoms with van der Waals surface area (Å²) in [6.45, 7) is -0.508. The number of hydrogen-bond donors (Lipinski definition) is 0. The van der Waals surface area contributed by atoms with E-state index in [1.807, 2.05) is 0 Å². The molecule has 0 aliphatic carbocycles. The first-order valence-electron chi connectivity index (χ1n) is 4.12. The van der Waals surface area contributed by atoms with Gasteiger partial charge in [-0.3, -0.25) is 4.79 Å². The summed E-state index contributed by atoms with van der Waals surface area (Å²) in [7, 11) is 0. The van der Waals surface area contributed by atoms with Crippen LogP contribution in [0.1, 0.15) is 22.3 Å². The van der Waals surface area contributed by atoms with Gasteiger partial charge in [-0.1, -0.05) is 37.9 Å². The maximum Gasteiger partial charge on any atom is 0.164 e. The van der Waals surface area contributed by atoms with E-state index >= 15 is 0 Å². The fourth-order valence-corrected chi connectivity index (χ4v) is 2.10. The molecule has 1 rings (SSSR count). The Hall–Kier alpha value is -0.220. The van der Waals surface area contributed by atoms with Crippen molar-refractivity contribution in [1.82, 2.24) is 0 Å². The molecule has 0 aliphatic rings. The first-order valence-corrected chi connectivity index (χ1v) is 6.04. The second-order valence-corrected chi connectivity index (χ2v) is 4.46. The number of carbonyl (C=O) groups excluding carboxylic acids is 1. The van der Waals surface area contributed by atoms with E-state index in [2.05, 4.69) is 31.9 Å². The predicted octanol–water partition coefficient (Wildman–Crippen LogP) is 3.89. The van der Waals surface area contributed by atoms with Crippen LogP contribution in [0.4, 0.5) is 4.39 Å². The van der Waals surface area contributed by atoms with Crippen molar-refractivity contribution < 1.29 is 9.18 Å². The molecule has 0 aliphatic heterocycles. The van der Waals surface area contributed by atoms with Crippen LogP contribution in [0, 0.1) is 0 Å². The lowest BCUT2D eigenvalue weighted by Crippen LogP contribution is -2.01. The fourth-order valence-electron chi connectivity index (χ4n) is 1.09. The Morgan fingerprint density at radius 1 is 1.43 bits per heavy atom. The van der Waals surface area contributed by atoms with E-state index in [1.165, 1.54) is 0 Å². The summed E-state index contributed by atoms with van der Waals surface area (Å²) < 4.78 is 12.9. The van der Waals surface area contributed by atoms with Crippen LogP contribution in [0.5, 0.6) is 0 Å². The number of carbonyl (C=O) groups is 1. The molecule has 0 bridgehead atoms. The Kier molecular flexibility index (Phi) is 4.75. The van der Waals surface area contributed by atoms with Crippen molar-refractivity contribution in [2.75, 3.05) is 5.33 Å². The average molecular weight is 324 g/mol. The van der Waals surface area contributed by atoms with Crippen LogP contribution in [0.2, 0.25) is 0 Å². The van der Waals surface area contributed by atoms with Gasteiger partial charge in [-0.2, -0.15) is 0 Å². The zero-order valence-corrected chi connectivity index (χ0v) is 10.6. The molecular formula is C10H9Br2FO. The zero-order valence-electron chi connectivity index (χ0n) is 7.40. The Morgan fingerprint density at radius 2 is 2.14 bits per heavy atom. The first kappa shape index (κ1) is 11.9. The Labute approximate surface area is 99.0 Å². The number of Topliss-reactive ketones (excluding diaryl/α,β-unsaturated/α-hetero) is 1. The largest absolute Gasteiger partial charge is 0.294 e. The Morgan fingerprint density at radius 3 is 2.64 bits per heavy atom. The van der Waals surface area contributed by atoms with Gasteiger partial charge in [-0.25, -0.2) is 4.39 Å². The summed E-state index contributed by atoms with van der Waals surface area (Å²) in [6, 6.07) is 4.93. The fraction of sp³-hybridized carbons (Fsp3) is 0.300. The molecule has 4 heteroatoms. The van der Waals surface area contributed by atoms with Gasteiger partial charge in [0.05, 0.1) is 0 Å². The molecule has 1 aromatic rings. The maximum atomic E-state index is 12.3. The van der Waals surface area contributed by atoms with Crippen LogP contribution in [-0.4, -0.2) is 11.1 Å². The molecular weight excluding hydrogens is 315 g/mol. The molecule has 0 radical (unpaired) electrons. The van der Waals surface area contributed by atoms with Crippen molar-refractivity contribution >= 4 is 37.6 Å². The molecule has 76 valence electrons. The summed E-state index contributed by atoms with van der Waals surface area (Å²) in [5, 5.41) is 0.642. The molecule has 14 heavy (non-hydrogen) atoms. The highest BCUT2D eigenvalue weighted by Gasteiger charge is 2.09. The molecule has 0 amide bonds. The molecule has 0 atom stereocenters. The predicted molar refractivity (Wildman–Crippen MR) is 61.7 cm³/mol. The van der Waals surface area contributed by atoms with Crippen LogP contribution in [0.25, 0.3) is 0 Å². The number of ketones is 1. The smallest absolute Gasteiger partial charge is 0.164 e. The van der Waals surface area contributed by atoms with Crippen LogP contribution in [-0.2, 0) is 6.67 Å². The number of rotatable bonds is 4. The minimum absolute atomic E-state index is 0.0548. The topological polar surface area (TPSA) is 17.1 Å². The van der Waals surface area contributed by atoms with Crippen molar-refractivity contribution in [3.63, 3.8) is 0 Å². The van der Waals surface area contributed by atoms with Gasteiger partial charge in [0.25, 0.3) is 0 Å². The van der Waals surface area contributed by atoms with Crippen molar-refractivity contribution in [1.29, 1.82) is 0 Å². The number of alkyl halides is 2. The van der Waals surface area contributed by atoms with Gasteiger partial charge < -0.3 is 0 Å². The summed E-state index contributed by atoms with van der Waals surface area (Å²) >= 11 is 6.46. The number of halogens is 3. The summed E-state index contributed by atoms with van der Waals surface area (Å²) in [5.41, 5.74) is 1.19. The maximum absolute atomic E-state index is 12.3. The molecule has 1 nitrogen and oxygen atoms in total. The van der Waals surface area contributed by atoms with Gasteiger partial charge in [0.2, 0.25) is 0 Å². The first-order chi connectivity index (χ1) is 6.69. The Bertz CT molecular complexity index is 339. The van der Waals surface area contributed by atoms with Gasteiger partial charge in [-0.15, -0.1) is 0 Å². The van der Waals surface area contributed by atoms with E-state index in [9.17, 15) is 9.18 Å². The highest BCUT2D eigenvalue weighted by atomic mass is 79.9. The molecule has 0 unspecified atom stereocenters. The van der Waals surface area contributed by atoms with Crippen LogP contribution in [0.3, 0.4) is 0 Å². The molecule has 0 heterocycles. The second-order valence-electron chi connectivity index (χ2n) is 2.81. The molecule has 0 saturated carbocycles. The van der Waals surface area contributed by atoms with Crippen molar-refractivity contribution in [2.24, 2.45) is 0 Å². The lowest BCUT2D eigenvalue weighted by molar-refractivity contribution is 0.0989. The summed E-state index contributed by atoms with van der Waals surface area (Å²) in [6.07, 6.45) is 0.452. The van der Waals surface area contributed by atoms with Crippen LogP contribution < -0.4 is 0 Å². The third-order valence-electron chi connectivity index (χ3n) is 1.81. The normalized spacial score (nSPS) is 10.2. The highest BCUT2D eigenvalue weighted by molar-refractivity contribution is 9.10. The molecule has 0 spiro atoms. The average Bonchev–Trinajstić information content (AvgIpc) is 2.17. The van der Waals surface area contributed by atoms with Crippen molar-refractivity contribution in [3.05, 3.63) is 33.8 Å². The van der Waals surface area contributed by atoms with E-state index in [1.54, 1.807) is 18.2 Å².